The molecule has 0 aliphatic carbocycles. The molecule has 4 heterocycles. The molecule has 0 amide bonds. The molecule has 107 heavy (non-hydrogen) atoms. The van der Waals surface area contributed by atoms with Crippen LogP contribution in [0.3, 0.4) is 0 Å². The number of ether oxygens (including phenoxy) is 12. The van der Waals surface area contributed by atoms with Crippen LogP contribution in [0.4, 0.5) is 11.4 Å². The van der Waals surface area contributed by atoms with E-state index in [1.165, 1.54) is 10.8 Å². The molecule has 564 valence electrons. The molecular formula is C84H98N2O18Si3. The number of rotatable bonds is 34. The number of esters is 4. The molecule has 0 saturated carbocycles. The van der Waals surface area contributed by atoms with E-state index >= 15 is 0 Å². The molecule has 2 fully saturated rings. The highest BCUT2D eigenvalue weighted by molar-refractivity contribution is 6.87. The van der Waals surface area contributed by atoms with Gasteiger partial charge in [-0.25, -0.2) is 0 Å². The standard InChI is InChI=1S/C84H98N2O18Si3/c1-91-65-27-19-61(20-28-65)83(41-39-73-69-15-9-11-17-71(69)75(59-77(73)101-83)85-43-49-93-50-44-85)63-23-31-67(32-24-63)95-53-55-99-81(89)37-35-79(87)97-47-13-57-105(3,4)103-107(7,8)104-106(5,6)58-14-48-98-80(88)36-38-82(90)100-56-54-96-68-33-25-64(26-34-68)84(62-21-29-66(92-2)30-22-62)42-40-74-70-16-10-12-18-72(70)76(60-78(74)102-84)86-45-51-94-52-46-86/h9-12,15-34,39-42,59-60H,13-14,35-38,43-58H2,1-8H3. The molecule has 0 aromatic heterocycles. The van der Waals surface area contributed by atoms with Gasteiger partial charge in [-0.2, -0.15) is 0 Å². The first-order valence-electron chi connectivity index (χ1n) is 37.0. The molecule has 0 spiro atoms. The van der Waals surface area contributed by atoms with E-state index in [0.717, 1.165) is 117 Å². The van der Waals surface area contributed by atoms with Crippen molar-refractivity contribution < 1.29 is 84.3 Å². The fourth-order valence-electron chi connectivity index (χ4n) is 14.5. The van der Waals surface area contributed by atoms with E-state index in [0.29, 0.717) is 50.8 Å². The van der Waals surface area contributed by atoms with Gasteiger partial charge in [-0.15, -0.1) is 0 Å². The maximum absolute atomic E-state index is 12.7. The lowest BCUT2D eigenvalue weighted by Gasteiger charge is -2.38. The van der Waals surface area contributed by atoms with Crippen LogP contribution in [0.25, 0.3) is 33.7 Å². The van der Waals surface area contributed by atoms with Gasteiger partial charge in [0.1, 0.15) is 60.9 Å². The lowest BCUT2D eigenvalue weighted by atomic mass is 9.83. The summed E-state index contributed by atoms with van der Waals surface area (Å²) in [4.78, 5) is 55.6. The first kappa shape index (κ1) is 77.2. The summed E-state index contributed by atoms with van der Waals surface area (Å²) < 4.78 is 84.3. The minimum absolute atomic E-state index is 0.00431. The molecule has 8 aromatic carbocycles. The van der Waals surface area contributed by atoms with Crippen molar-refractivity contribution in [1.29, 1.82) is 0 Å². The third kappa shape index (κ3) is 19.5. The van der Waals surface area contributed by atoms with E-state index in [1.54, 1.807) is 14.2 Å². The van der Waals surface area contributed by atoms with Crippen molar-refractivity contribution in [3.8, 4) is 34.5 Å². The highest BCUT2D eigenvalue weighted by atomic mass is 28.5. The molecule has 8 aromatic rings. The van der Waals surface area contributed by atoms with Crippen LogP contribution >= 0.6 is 0 Å². The summed E-state index contributed by atoms with van der Waals surface area (Å²) in [6.07, 6.45) is 9.31. The molecule has 0 radical (unpaired) electrons. The number of morpholine rings is 2. The van der Waals surface area contributed by atoms with E-state index in [9.17, 15) is 19.2 Å². The number of benzene rings is 8. The van der Waals surface area contributed by atoms with Crippen LogP contribution in [-0.2, 0) is 67.0 Å². The smallest absolute Gasteiger partial charge is 0.311 e. The predicted molar refractivity (Wildman–Crippen MR) is 420 cm³/mol. The summed E-state index contributed by atoms with van der Waals surface area (Å²) in [5.41, 5.74) is 5.94. The zero-order chi connectivity index (χ0) is 75.0. The molecule has 0 N–H and O–H groups in total. The van der Waals surface area contributed by atoms with Gasteiger partial charge in [0.05, 0.1) is 79.5 Å². The Hall–Kier alpha value is -9.47. The number of nitrogens with zero attached hydrogens (tertiary/aromatic N) is 2. The highest BCUT2D eigenvalue weighted by Crippen LogP contribution is 2.50. The summed E-state index contributed by atoms with van der Waals surface area (Å²) in [6.45, 7) is 19.1. The van der Waals surface area contributed by atoms with Crippen molar-refractivity contribution in [1.82, 2.24) is 0 Å². The number of methoxy groups -OCH3 is 2. The molecule has 2 unspecified atom stereocenters. The lowest BCUT2D eigenvalue weighted by molar-refractivity contribution is -0.150. The van der Waals surface area contributed by atoms with Gasteiger partial charge in [-0.1, -0.05) is 97.1 Å². The molecule has 2 atom stereocenters. The van der Waals surface area contributed by atoms with Gasteiger partial charge in [0, 0.05) is 93.8 Å². The summed E-state index contributed by atoms with van der Waals surface area (Å²) in [5, 5.41) is 4.56. The van der Waals surface area contributed by atoms with Crippen LogP contribution in [0.1, 0.15) is 71.9 Å². The van der Waals surface area contributed by atoms with Gasteiger partial charge < -0.3 is 74.9 Å². The number of anilines is 2. The Bertz CT molecular complexity index is 4160. The Kier molecular flexibility index (Phi) is 25.3. The Balaban J connectivity index is 0.512. The summed E-state index contributed by atoms with van der Waals surface area (Å²) in [7, 11) is -3.79. The predicted octanol–water partition coefficient (Wildman–Crippen LogP) is 15.5. The van der Waals surface area contributed by atoms with E-state index in [-0.39, 0.29) is 65.3 Å². The number of carbonyl (C=O) groups excluding carboxylic acids is 4. The van der Waals surface area contributed by atoms with Crippen molar-refractivity contribution in [2.24, 2.45) is 0 Å². The average Bonchev–Trinajstić information content (AvgIpc) is 0.738. The molecule has 12 rings (SSSR count). The van der Waals surface area contributed by atoms with Crippen LogP contribution in [0.5, 0.6) is 34.5 Å². The first-order valence-corrected chi connectivity index (χ1v) is 46.1. The van der Waals surface area contributed by atoms with Crippen LogP contribution in [0.15, 0.2) is 170 Å². The number of hydrogen-bond donors (Lipinski definition) is 0. The quantitative estimate of drug-likeness (QED) is 0.0159. The molecule has 2 saturated heterocycles. The Labute approximate surface area is 630 Å². The Morgan fingerprint density at radius 2 is 0.720 bits per heavy atom. The van der Waals surface area contributed by atoms with Crippen LogP contribution in [0, 0.1) is 0 Å². The lowest BCUT2D eigenvalue weighted by Crippen LogP contribution is -2.52. The van der Waals surface area contributed by atoms with Gasteiger partial charge in [0.2, 0.25) is 0 Å². The average molecular weight is 1510 g/mol. The molecule has 20 nitrogen and oxygen atoms in total. The minimum Gasteiger partial charge on any atom is -0.497 e. The highest BCUT2D eigenvalue weighted by Gasteiger charge is 2.42. The van der Waals surface area contributed by atoms with Gasteiger partial charge in [0.25, 0.3) is 0 Å². The van der Waals surface area contributed by atoms with Gasteiger partial charge in [-0.3, -0.25) is 19.2 Å². The number of carbonyl (C=O) groups is 4. The van der Waals surface area contributed by atoms with E-state index < -0.39 is 60.3 Å². The Morgan fingerprint density at radius 3 is 1.06 bits per heavy atom. The van der Waals surface area contributed by atoms with Crippen LogP contribution in [-0.4, -0.2) is 156 Å². The minimum atomic E-state index is -2.59. The maximum atomic E-state index is 12.7. The Morgan fingerprint density at radius 1 is 0.402 bits per heavy atom. The van der Waals surface area contributed by atoms with E-state index in [4.69, 9.17) is 65.1 Å². The zero-order valence-corrected chi connectivity index (χ0v) is 65.6. The molecule has 4 aliphatic rings. The second-order valence-corrected chi connectivity index (χ2v) is 41.1. The van der Waals surface area contributed by atoms with Gasteiger partial charge in [-0.05, 0) is 148 Å². The van der Waals surface area contributed by atoms with Crippen molar-refractivity contribution in [2.45, 2.75) is 101 Å². The summed E-state index contributed by atoms with van der Waals surface area (Å²) in [5.74, 6) is 2.23. The van der Waals surface area contributed by atoms with Gasteiger partial charge >= 0.3 is 32.4 Å². The van der Waals surface area contributed by atoms with E-state index in [1.807, 2.05) is 97.1 Å². The van der Waals surface area contributed by atoms with Crippen LogP contribution in [0.2, 0.25) is 51.4 Å². The first-order chi connectivity index (χ1) is 51.7. The van der Waals surface area contributed by atoms with Crippen LogP contribution < -0.4 is 38.2 Å². The zero-order valence-electron chi connectivity index (χ0n) is 62.6. The molecule has 23 heteroatoms. The third-order valence-electron chi connectivity index (χ3n) is 19.6. The van der Waals surface area contributed by atoms with Crippen molar-refractivity contribution in [3.63, 3.8) is 0 Å². The SMILES string of the molecule is COc1ccc(C2(c3ccc(OCCOC(=O)CCC(=O)OCCC[Si](C)(C)O[Si](C)(C)O[Si](C)(C)CCCOC(=O)CCC(=O)OCCOc4ccc(C5(c6ccc(OC)cc6)C=Cc6c(cc(N7CCOCC7)c7ccccc67)O5)cc4)cc3)C=Cc3c(cc(N4CCOCC4)c4ccccc34)O2)cc1. The monoisotopic (exact) mass is 1510 g/mol. The van der Waals surface area contributed by atoms with Crippen molar-refractivity contribution in [2.75, 3.05) is 116 Å². The third-order valence-corrected chi connectivity index (χ3v) is 31.1. The van der Waals surface area contributed by atoms with Gasteiger partial charge in [0.15, 0.2) is 27.8 Å². The fraction of sp³-hybridized carbons (Fsp3) is 0.381. The second-order valence-electron chi connectivity index (χ2n) is 28.7. The van der Waals surface area contributed by atoms with Crippen molar-refractivity contribution in [3.05, 3.63) is 203 Å². The molecule has 0 bridgehead atoms. The fourth-order valence-corrected chi connectivity index (χ4v) is 28.5. The molecule has 4 aliphatic heterocycles. The second kappa shape index (κ2) is 35.1. The number of fused-ring (bicyclic) bond motifs is 6. The van der Waals surface area contributed by atoms with E-state index in [2.05, 4.69) is 134 Å². The summed E-state index contributed by atoms with van der Waals surface area (Å²) >= 11 is 0. The topological polar surface area (TPSA) is 204 Å². The normalized spacial score (nSPS) is 17.1. The van der Waals surface area contributed by atoms with Crippen molar-refractivity contribution >= 4 is 94.1 Å². The molecular weight excluding hydrogens is 1410 g/mol. The summed E-state index contributed by atoms with van der Waals surface area (Å²) in [6, 6.07) is 54.0. The number of hydrogen-bond acceptors (Lipinski definition) is 20. The largest absolute Gasteiger partial charge is 0.497 e. The maximum Gasteiger partial charge on any atom is 0.311 e.